The summed E-state index contributed by atoms with van der Waals surface area (Å²) in [5.41, 5.74) is 1.49. The number of nitrogens with zero attached hydrogens (tertiary/aromatic N) is 3. The number of nitrogens with one attached hydrogen (secondary N) is 1. The second kappa shape index (κ2) is 3.51. The van der Waals surface area contributed by atoms with Crippen molar-refractivity contribution in [1.82, 2.24) is 19.9 Å². The van der Waals surface area contributed by atoms with Gasteiger partial charge in [0, 0.05) is 6.42 Å². The summed E-state index contributed by atoms with van der Waals surface area (Å²) in [6, 6.07) is 0. The van der Waals surface area contributed by atoms with Crippen molar-refractivity contribution in [3.8, 4) is 0 Å². The number of aromatic amines is 1. The normalized spacial score (nSPS) is 10.8. The predicted octanol–water partition coefficient (Wildman–Crippen LogP) is 1.50. The van der Waals surface area contributed by atoms with E-state index in [2.05, 4.69) is 33.1 Å². The van der Waals surface area contributed by atoms with Crippen LogP contribution in [0, 0.1) is 6.20 Å². The number of hydrogen-bond acceptors (Lipinski definition) is 3. The van der Waals surface area contributed by atoms with E-state index in [9.17, 15) is 0 Å². The molecule has 0 saturated heterocycles. The van der Waals surface area contributed by atoms with Gasteiger partial charge in [-0.05, 0) is 6.42 Å². The van der Waals surface area contributed by atoms with Crippen LogP contribution in [0.1, 0.15) is 25.6 Å². The Bertz CT molecular complexity index is 393. The third-order valence-corrected chi connectivity index (χ3v) is 1.90. The van der Waals surface area contributed by atoms with Gasteiger partial charge in [-0.15, -0.1) is 0 Å². The van der Waals surface area contributed by atoms with Crippen LogP contribution in [0.25, 0.3) is 11.2 Å². The molecule has 0 atom stereocenters. The van der Waals surface area contributed by atoms with Crippen LogP contribution in [0.3, 0.4) is 0 Å². The Morgan fingerprint density at radius 1 is 1.54 bits per heavy atom. The van der Waals surface area contributed by atoms with Crippen molar-refractivity contribution in [3.05, 3.63) is 18.3 Å². The van der Waals surface area contributed by atoms with Gasteiger partial charge in [0.15, 0.2) is 5.65 Å². The summed E-state index contributed by atoms with van der Waals surface area (Å²) in [6.45, 7) is 2.15. The molecule has 13 heavy (non-hydrogen) atoms. The minimum Gasteiger partial charge on any atom is -0.341 e. The maximum absolute atomic E-state index is 4.29. The molecule has 2 heterocycles. The highest BCUT2D eigenvalue weighted by molar-refractivity contribution is 5.67. The zero-order valence-electron chi connectivity index (χ0n) is 7.54. The minimum absolute atomic E-state index is 0.709. The largest absolute Gasteiger partial charge is 0.341 e. The molecule has 0 unspecified atom stereocenters. The average Bonchev–Trinajstić information content (AvgIpc) is 2.61. The standard InChI is InChI=1S/C9H11N4/c1-2-3-4-8-10-5-7-9(13-8)12-6-11-7/h6H,2-4H2,1H3,(H,10,11,12,13). The van der Waals surface area contributed by atoms with Crippen LogP contribution in [-0.4, -0.2) is 19.9 Å². The molecule has 0 spiro atoms. The number of fused-ring (bicyclic) bond motifs is 1. The van der Waals surface area contributed by atoms with Gasteiger partial charge in [0.25, 0.3) is 0 Å². The number of unbranched alkanes of at least 4 members (excludes halogenated alkanes) is 1. The first kappa shape index (κ1) is 8.16. The van der Waals surface area contributed by atoms with Crippen molar-refractivity contribution in [2.24, 2.45) is 0 Å². The molecule has 0 aliphatic carbocycles. The summed E-state index contributed by atoms with van der Waals surface area (Å²) in [6.07, 6.45) is 7.67. The summed E-state index contributed by atoms with van der Waals surface area (Å²) < 4.78 is 0. The molecule has 0 aliphatic heterocycles. The van der Waals surface area contributed by atoms with Crippen molar-refractivity contribution < 1.29 is 0 Å². The minimum atomic E-state index is 0.709. The molecule has 2 aromatic heterocycles. The lowest BCUT2D eigenvalue weighted by atomic mass is 10.2. The van der Waals surface area contributed by atoms with Gasteiger partial charge in [-0.3, -0.25) is 0 Å². The summed E-state index contributed by atoms with van der Waals surface area (Å²) in [5.74, 6) is 0.835. The van der Waals surface area contributed by atoms with Crippen molar-refractivity contribution in [2.45, 2.75) is 26.2 Å². The van der Waals surface area contributed by atoms with E-state index in [-0.39, 0.29) is 0 Å². The van der Waals surface area contributed by atoms with Gasteiger partial charge in [0.2, 0.25) is 0 Å². The van der Waals surface area contributed by atoms with Gasteiger partial charge in [-0.1, -0.05) is 13.3 Å². The Morgan fingerprint density at radius 3 is 3.31 bits per heavy atom. The number of aromatic nitrogens is 4. The lowest BCUT2D eigenvalue weighted by Gasteiger charge is -1.95. The first-order chi connectivity index (χ1) is 6.40. The van der Waals surface area contributed by atoms with Crippen molar-refractivity contribution >= 4 is 11.2 Å². The Morgan fingerprint density at radius 2 is 2.46 bits per heavy atom. The zero-order valence-corrected chi connectivity index (χ0v) is 7.54. The molecule has 0 saturated carbocycles. The van der Waals surface area contributed by atoms with E-state index >= 15 is 0 Å². The van der Waals surface area contributed by atoms with Gasteiger partial charge in [0.1, 0.15) is 17.5 Å². The Balaban J connectivity index is 2.26. The van der Waals surface area contributed by atoms with E-state index in [1.807, 2.05) is 0 Å². The Kier molecular flexibility index (Phi) is 2.21. The fourth-order valence-electron chi connectivity index (χ4n) is 1.17. The topological polar surface area (TPSA) is 54.5 Å². The smallest absolute Gasteiger partial charge is 0.181 e. The van der Waals surface area contributed by atoms with E-state index in [1.54, 1.807) is 6.33 Å². The molecular weight excluding hydrogens is 164 g/mol. The quantitative estimate of drug-likeness (QED) is 0.769. The van der Waals surface area contributed by atoms with Crippen molar-refractivity contribution in [1.29, 1.82) is 0 Å². The second-order valence-electron chi connectivity index (χ2n) is 2.96. The maximum Gasteiger partial charge on any atom is 0.181 e. The number of hydrogen-bond donors (Lipinski definition) is 1. The first-order valence-electron chi connectivity index (χ1n) is 4.48. The summed E-state index contributed by atoms with van der Waals surface area (Å²) >= 11 is 0. The van der Waals surface area contributed by atoms with Crippen LogP contribution < -0.4 is 0 Å². The number of H-pyrrole nitrogens is 1. The SMILES string of the molecule is CCCCc1n[c]c2[nH]cnc2n1. The van der Waals surface area contributed by atoms with Crippen LogP contribution in [0.2, 0.25) is 0 Å². The van der Waals surface area contributed by atoms with Crippen LogP contribution in [0.15, 0.2) is 6.33 Å². The molecule has 0 bridgehead atoms. The average molecular weight is 175 g/mol. The first-order valence-corrected chi connectivity index (χ1v) is 4.48. The number of aryl methyl sites for hydroxylation is 1. The van der Waals surface area contributed by atoms with Crippen LogP contribution in [-0.2, 0) is 6.42 Å². The molecule has 0 aromatic carbocycles. The number of imidazole rings is 1. The Hall–Kier alpha value is -1.45. The summed E-state index contributed by atoms with van der Waals surface area (Å²) in [5, 5.41) is 0. The molecular formula is C9H11N4. The molecule has 0 fully saturated rings. The van der Waals surface area contributed by atoms with Crippen molar-refractivity contribution in [2.75, 3.05) is 0 Å². The lowest BCUT2D eigenvalue weighted by Crippen LogP contribution is -1.94. The van der Waals surface area contributed by atoms with Crippen molar-refractivity contribution in [3.63, 3.8) is 0 Å². The molecule has 0 aliphatic rings. The highest BCUT2D eigenvalue weighted by Gasteiger charge is 2.01. The molecule has 4 heteroatoms. The molecule has 0 amide bonds. The maximum atomic E-state index is 4.29. The fourth-order valence-corrected chi connectivity index (χ4v) is 1.17. The van der Waals surface area contributed by atoms with E-state index in [0.717, 1.165) is 30.6 Å². The molecule has 4 nitrogen and oxygen atoms in total. The molecule has 1 radical (unpaired) electrons. The van der Waals surface area contributed by atoms with E-state index in [1.165, 1.54) is 0 Å². The highest BCUT2D eigenvalue weighted by atomic mass is 15.0. The summed E-state index contributed by atoms with van der Waals surface area (Å²) in [7, 11) is 0. The van der Waals surface area contributed by atoms with E-state index < -0.39 is 0 Å². The second-order valence-corrected chi connectivity index (χ2v) is 2.96. The lowest BCUT2D eigenvalue weighted by molar-refractivity contribution is 0.755. The third kappa shape index (κ3) is 1.66. The van der Waals surface area contributed by atoms with E-state index in [4.69, 9.17) is 0 Å². The highest BCUT2D eigenvalue weighted by Crippen LogP contribution is 2.05. The predicted molar refractivity (Wildman–Crippen MR) is 49.1 cm³/mol. The molecule has 67 valence electrons. The van der Waals surface area contributed by atoms with E-state index in [0.29, 0.717) is 5.65 Å². The van der Waals surface area contributed by atoms with Crippen LogP contribution in [0.5, 0.6) is 0 Å². The van der Waals surface area contributed by atoms with Crippen LogP contribution in [0.4, 0.5) is 0 Å². The van der Waals surface area contributed by atoms with Gasteiger partial charge < -0.3 is 4.98 Å². The fraction of sp³-hybridized carbons (Fsp3) is 0.444. The monoisotopic (exact) mass is 175 g/mol. The van der Waals surface area contributed by atoms with Crippen LogP contribution >= 0.6 is 0 Å². The third-order valence-electron chi connectivity index (χ3n) is 1.90. The molecule has 1 N–H and O–H groups in total. The Labute approximate surface area is 76.4 Å². The zero-order chi connectivity index (χ0) is 9.10. The molecule has 2 rings (SSSR count). The molecule has 2 aromatic rings. The summed E-state index contributed by atoms with van der Waals surface area (Å²) in [4.78, 5) is 15.4. The van der Waals surface area contributed by atoms with Gasteiger partial charge in [-0.2, -0.15) is 0 Å². The van der Waals surface area contributed by atoms with Gasteiger partial charge in [0.05, 0.1) is 6.33 Å². The van der Waals surface area contributed by atoms with Gasteiger partial charge in [-0.25, -0.2) is 15.0 Å². The number of rotatable bonds is 3. The van der Waals surface area contributed by atoms with Gasteiger partial charge >= 0.3 is 0 Å².